The maximum Gasteiger partial charge on any atom is 0.256 e. The van der Waals surface area contributed by atoms with Crippen LogP contribution in [0.5, 0.6) is 5.88 Å². The fraction of sp³-hybridized carbons (Fsp3) is 0.286. The highest BCUT2D eigenvalue weighted by molar-refractivity contribution is 6.03. The van der Waals surface area contributed by atoms with E-state index in [1.54, 1.807) is 11.1 Å². The van der Waals surface area contributed by atoms with E-state index in [4.69, 9.17) is 4.74 Å². The minimum Gasteiger partial charge on any atom is -0.474 e. The molecule has 1 aliphatic rings. The monoisotopic (exact) mass is 580 g/mol. The Balaban J connectivity index is 1.15. The van der Waals surface area contributed by atoms with E-state index in [2.05, 4.69) is 39.5 Å². The number of pyridine rings is 1. The van der Waals surface area contributed by atoms with Gasteiger partial charge in [-0.1, -0.05) is 36.4 Å². The first-order chi connectivity index (χ1) is 20.8. The van der Waals surface area contributed by atoms with Gasteiger partial charge in [-0.2, -0.15) is 0 Å². The van der Waals surface area contributed by atoms with Gasteiger partial charge in [-0.05, 0) is 66.4 Å². The second-order valence-corrected chi connectivity index (χ2v) is 11.1. The lowest BCUT2D eigenvalue weighted by molar-refractivity contribution is -0.116. The highest BCUT2D eigenvalue weighted by Crippen LogP contribution is 2.26. The molecule has 2 amide bonds. The molecule has 1 N–H and O–H groups in total. The van der Waals surface area contributed by atoms with Gasteiger partial charge in [0.25, 0.3) is 5.91 Å². The quantitative estimate of drug-likeness (QED) is 0.244. The van der Waals surface area contributed by atoms with Gasteiger partial charge in [0.05, 0.1) is 11.3 Å². The number of carbonyl (C=O) groups is 2. The molecule has 0 unspecified atom stereocenters. The third kappa shape index (κ3) is 7.57. The van der Waals surface area contributed by atoms with E-state index in [0.717, 1.165) is 27.9 Å². The van der Waals surface area contributed by atoms with Crippen molar-refractivity contribution in [2.24, 2.45) is 0 Å². The number of anilines is 2. The summed E-state index contributed by atoms with van der Waals surface area (Å²) in [6.45, 7) is 2.92. The first-order valence-corrected chi connectivity index (χ1v) is 14.6. The number of nitrogens with one attached hydrogen (secondary N) is 1. The molecule has 1 saturated heterocycles. The number of likely N-dealkylation sites (tertiary alicyclic amines) is 1. The number of benzene rings is 3. The zero-order chi connectivity index (χ0) is 30.3. The lowest BCUT2D eigenvalue weighted by Gasteiger charge is -2.32. The molecular formula is C35H37FN4O3. The summed E-state index contributed by atoms with van der Waals surface area (Å²) in [6.07, 6.45) is 3.80. The van der Waals surface area contributed by atoms with E-state index in [-0.39, 0.29) is 29.9 Å². The lowest BCUT2D eigenvalue weighted by atomic mass is 10.0. The number of hydrogen-bond donors (Lipinski definition) is 1. The average molecular weight is 581 g/mol. The molecule has 7 nitrogen and oxygen atoms in total. The van der Waals surface area contributed by atoms with Crippen LogP contribution in [-0.4, -0.2) is 55.0 Å². The Morgan fingerprint density at radius 1 is 0.977 bits per heavy atom. The number of aromatic nitrogens is 1. The summed E-state index contributed by atoms with van der Waals surface area (Å²) in [7, 11) is 4.02. The second kappa shape index (κ2) is 13.5. The molecule has 0 aliphatic carbocycles. The zero-order valence-electron chi connectivity index (χ0n) is 24.8. The SMILES string of the molecule is Cc1ccccc1CCC(=O)Nc1ccc(F)cc1C(=O)N1CCC(Oc2ccc(-c3ccc(N(C)C)cc3)cn2)CC1. The molecule has 0 spiro atoms. The molecule has 4 aromatic rings. The largest absolute Gasteiger partial charge is 0.474 e. The van der Waals surface area contributed by atoms with Gasteiger partial charge in [0.15, 0.2) is 0 Å². The maximum atomic E-state index is 14.2. The van der Waals surface area contributed by atoms with Gasteiger partial charge in [-0.3, -0.25) is 9.59 Å². The summed E-state index contributed by atoms with van der Waals surface area (Å²) >= 11 is 0. The molecule has 2 heterocycles. The minimum atomic E-state index is -0.525. The van der Waals surface area contributed by atoms with Crippen LogP contribution >= 0.6 is 0 Å². The van der Waals surface area contributed by atoms with Gasteiger partial charge in [0, 0.05) is 70.0 Å². The van der Waals surface area contributed by atoms with E-state index in [1.165, 1.54) is 18.2 Å². The number of nitrogens with zero attached hydrogens (tertiary/aromatic N) is 3. The molecule has 0 bridgehead atoms. The van der Waals surface area contributed by atoms with Crippen molar-refractivity contribution in [3.05, 3.63) is 108 Å². The van der Waals surface area contributed by atoms with Crippen LogP contribution in [0.4, 0.5) is 15.8 Å². The molecule has 0 saturated carbocycles. The highest BCUT2D eigenvalue weighted by atomic mass is 19.1. The van der Waals surface area contributed by atoms with Crippen LogP contribution in [-0.2, 0) is 11.2 Å². The summed E-state index contributed by atoms with van der Waals surface area (Å²) in [4.78, 5) is 34.4. The molecule has 5 rings (SSSR count). The highest BCUT2D eigenvalue weighted by Gasteiger charge is 2.27. The molecule has 1 aliphatic heterocycles. The summed E-state index contributed by atoms with van der Waals surface area (Å²) in [5, 5.41) is 2.82. The number of amides is 2. The van der Waals surface area contributed by atoms with Gasteiger partial charge in [-0.25, -0.2) is 9.37 Å². The van der Waals surface area contributed by atoms with Crippen molar-refractivity contribution in [1.29, 1.82) is 0 Å². The van der Waals surface area contributed by atoms with E-state index in [1.807, 2.05) is 57.4 Å². The first kappa shape index (κ1) is 29.8. The van der Waals surface area contributed by atoms with Crippen molar-refractivity contribution < 1.29 is 18.7 Å². The molecule has 43 heavy (non-hydrogen) atoms. The van der Waals surface area contributed by atoms with Gasteiger partial charge >= 0.3 is 0 Å². The summed E-state index contributed by atoms with van der Waals surface area (Å²) in [5.74, 6) is -0.517. The van der Waals surface area contributed by atoms with Crippen LogP contribution in [0, 0.1) is 12.7 Å². The molecule has 0 radical (unpaired) electrons. The van der Waals surface area contributed by atoms with Crippen molar-refractivity contribution in [1.82, 2.24) is 9.88 Å². The topological polar surface area (TPSA) is 74.8 Å². The number of piperidine rings is 1. The molecule has 1 aromatic heterocycles. The van der Waals surface area contributed by atoms with Crippen molar-refractivity contribution in [2.75, 3.05) is 37.4 Å². The smallest absolute Gasteiger partial charge is 0.256 e. The van der Waals surface area contributed by atoms with E-state index in [0.29, 0.717) is 43.9 Å². The lowest BCUT2D eigenvalue weighted by Crippen LogP contribution is -2.42. The maximum absolute atomic E-state index is 14.2. The van der Waals surface area contributed by atoms with Crippen LogP contribution in [0.25, 0.3) is 11.1 Å². The standard InChI is InChI=1S/C35H37FN4O3/c1-24-6-4-5-7-25(24)10-16-33(41)38-32-15-12-28(36)22-31(32)35(42)40-20-18-30(19-21-40)43-34-17-11-27(23-37-34)26-8-13-29(14-9-26)39(2)3/h4-9,11-15,17,22-23,30H,10,16,18-21H2,1-3H3,(H,38,41). The fourth-order valence-electron chi connectivity index (χ4n) is 5.24. The summed E-state index contributed by atoms with van der Waals surface area (Å²) in [5.41, 5.74) is 5.91. The molecule has 3 aromatic carbocycles. The predicted octanol–water partition coefficient (Wildman–Crippen LogP) is 6.52. The Labute approximate surface area is 252 Å². The van der Waals surface area contributed by atoms with Gasteiger partial charge < -0.3 is 19.9 Å². The Morgan fingerprint density at radius 3 is 2.37 bits per heavy atom. The van der Waals surface area contributed by atoms with Crippen molar-refractivity contribution in [3.8, 4) is 17.0 Å². The minimum absolute atomic E-state index is 0.0881. The Kier molecular flexibility index (Phi) is 9.35. The third-order valence-electron chi connectivity index (χ3n) is 7.84. The van der Waals surface area contributed by atoms with Crippen LogP contribution in [0.15, 0.2) is 85.1 Å². The normalized spacial score (nSPS) is 13.4. The molecular weight excluding hydrogens is 543 g/mol. The summed E-state index contributed by atoms with van der Waals surface area (Å²) in [6, 6.07) is 24.0. The van der Waals surface area contributed by atoms with Crippen molar-refractivity contribution in [3.63, 3.8) is 0 Å². The van der Waals surface area contributed by atoms with E-state index in [9.17, 15) is 14.0 Å². The Hall–Kier alpha value is -4.72. The average Bonchev–Trinajstić information content (AvgIpc) is 3.02. The zero-order valence-corrected chi connectivity index (χ0v) is 24.8. The van der Waals surface area contributed by atoms with Crippen molar-refractivity contribution in [2.45, 2.75) is 38.7 Å². The van der Waals surface area contributed by atoms with Crippen LogP contribution in [0.3, 0.4) is 0 Å². The number of carbonyl (C=O) groups excluding carboxylic acids is 2. The number of halogens is 1. The predicted molar refractivity (Wildman–Crippen MR) is 168 cm³/mol. The fourth-order valence-corrected chi connectivity index (χ4v) is 5.24. The van der Waals surface area contributed by atoms with E-state index < -0.39 is 5.82 Å². The van der Waals surface area contributed by atoms with Crippen LogP contribution in [0.1, 0.15) is 40.7 Å². The molecule has 1 fully saturated rings. The summed E-state index contributed by atoms with van der Waals surface area (Å²) < 4.78 is 20.3. The van der Waals surface area contributed by atoms with E-state index >= 15 is 0 Å². The second-order valence-electron chi connectivity index (χ2n) is 11.1. The van der Waals surface area contributed by atoms with Crippen LogP contribution < -0.4 is 15.0 Å². The third-order valence-corrected chi connectivity index (χ3v) is 7.84. The molecule has 8 heteroatoms. The Morgan fingerprint density at radius 2 is 1.70 bits per heavy atom. The molecule has 222 valence electrons. The molecule has 0 atom stereocenters. The number of aryl methyl sites for hydroxylation is 2. The van der Waals surface area contributed by atoms with Gasteiger partial charge in [0.1, 0.15) is 11.9 Å². The van der Waals surface area contributed by atoms with Gasteiger partial charge in [0.2, 0.25) is 11.8 Å². The number of ether oxygens (including phenoxy) is 1. The van der Waals surface area contributed by atoms with Gasteiger partial charge in [-0.15, -0.1) is 0 Å². The Bertz CT molecular complexity index is 1560. The van der Waals surface area contributed by atoms with Crippen LogP contribution in [0.2, 0.25) is 0 Å². The number of hydrogen-bond acceptors (Lipinski definition) is 5. The first-order valence-electron chi connectivity index (χ1n) is 14.6. The van der Waals surface area contributed by atoms with Crippen molar-refractivity contribution >= 4 is 23.2 Å². The number of rotatable bonds is 9.